The van der Waals surface area contributed by atoms with Crippen molar-refractivity contribution in [3.05, 3.63) is 64.7 Å². The zero-order chi connectivity index (χ0) is 13.1. The molecule has 1 amide bonds. The van der Waals surface area contributed by atoms with Crippen LogP contribution in [0.5, 0.6) is 0 Å². The van der Waals surface area contributed by atoms with Gasteiger partial charge in [0, 0.05) is 16.3 Å². The van der Waals surface area contributed by atoms with Crippen molar-refractivity contribution in [1.82, 2.24) is 0 Å². The molecule has 0 fully saturated rings. The maximum absolute atomic E-state index is 13.0. The zero-order valence-corrected chi connectivity index (χ0v) is 9.84. The lowest BCUT2D eigenvalue weighted by Gasteiger charge is -2.05. The zero-order valence-electron chi connectivity index (χ0n) is 9.08. The van der Waals surface area contributed by atoms with Crippen molar-refractivity contribution < 1.29 is 13.6 Å². The predicted molar refractivity (Wildman–Crippen MR) is 65.8 cm³/mol. The molecule has 18 heavy (non-hydrogen) atoms. The quantitative estimate of drug-likeness (QED) is 0.879. The highest BCUT2D eigenvalue weighted by atomic mass is 35.5. The number of halogens is 3. The number of anilines is 1. The van der Waals surface area contributed by atoms with Crippen molar-refractivity contribution >= 4 is 23.2 Å². The second kappa shape index (κ2) is 5.14. The highest BCUT2D eigenvalue weighted by Gasteiger charge is 2.09. The molecule has 92 valence electrons. The number of carbonyl (C=O) groups excluding carboxylic acids is 1. The van der Waals surface area contributed by atoms with Crippen molar-refractivity contribution in [2.75, 3.05) is 5.32 Å². The average molecular weight is 268 g/mol. The highest BCUT2D eigenvalue weighted by Crippen LogP contribution is 2.16. The van der Waals surface area contributed by atoms with E-state index in [-0.39, 0.29) is 5.56 Å². The molecule has 1 N–H and O–H groups in total. The first-order chi connectivity index (χ1) is 8.56. The summed E-state index contributed by atoms with van der Waals surface area (Å²) in [5.41, 5.74) is 0.520. The average Bonchev–Trinajstić information content (AvgIpc) is 2.32. The Morgan fingerprint density at radius 3 is 2.50 bits per heavy atom. The van der Waals surface area contributed by atoms with Crippen LogP contribution in [0.25, 0.3) is 0 Å². The molecule has 0 heterocycles. The summed E-state index contributed by atoms with van der Waals surface area (Å²) in [6.45, 7) is 0. The van der Waals surface area contributed by atoms with Gasteiger partial charge < -0.3 is 5.32 Å². The number of rotatable bonds is 2. The van der Waals surface area contributed by atoms with Gasteiger partial charge >= 0.3 is 0 Å². The minimum Gasteiger partial charge on any atom is -0.322 e. The van der Waals surface area contributed by atoms with Gasteiger partial charge in [0.05, 0.1) is 0 Å². The van der Waals surface area contributed by atoms with Crippen molar-refractivity contribution in [3.63, 3.8) is 0 Å². The molecule has 0 saturated carbocycles. The Hall–Kier alpha value is -1.94. The molecule has 2 aromatic carbocycles. The number of hydrogen-bond donors (Lipinski definition) is 1. The van der Waals surface area contributed by atoms with Gasteiger partial charge in [-0.05, 0) is 36.4 Å². The molecular weight excluding hydrogens is 260 g/mol. The third kappa shape index (κ3) is 2.84. The Labute approximate surface area is 107 Å². The van der Waals surface area contributed by atoms with Crippen LogP contribution in [-0.4, -0.2) is 5.91 Å². The minimum atomic E-state index is -1.06. The third-order valence-electron chi connectivity index (χ3n) is 2.26. The molecule has 0 radical (unpaired) electrons. The van der Waals surface area contributed by atoms with Crippen LogP contribution in [-0.2, 0) is 0 Å². The summed E-state index contributed by atoms with van der Waals surface area (Å²) in [5, 5.41) is 3.00. The van der Waals surface area contributed by atoms with Gasteiger partial charge in [-0.25, -0.2) is 8.78 Å². The summed E-state index contributed by atoms with van der Waals surface area (Å²) in [5.74, 6) is -2.58. The number of amides is 1. The van der Waals surface area contributed by atoms with E-state index in [9.17, 15) is 13.6 Å². The predicted octanol–water partition coefficient (Wildman–Crippen LogP) is 3.87. The first kappa shape index (κ1) is 12.5. The van der Waals surface area contributed by atoms with Crippen LogP contribution in [0.1, 0.15) is 10.4 Å². The van der Waals surface area contributed by atoms with E-state index in [4.69, 9.17) is 11.6 Å². The van der Waals surface area contributed by atoms with Crippen molar-refractivity contribution in [3.8, 4) is 0 Å². The van der Waals surface area contributed by atoms with Crippen LogP contribution in [0.15, 0.2) is 42.5 Å². The Balaban J connectivity index is 2.19. The van der Waals surface area contributed by atoms with E-state index in [0.29, 0.717) is 10.7 Å². The molecular formula is C13H8ClF2NO. The van der Waals surface area contributed by atoms with Crippen molar-refractivity contribution in [1.29, 1.82) is 0 Å². The molecule has 0 aromatic heterocycles. The first-order valence-corrected chi connectivity index (χ1v) is 5.46. The maximum Gasteiger partial charge on any atom is 0.255 e. The van der Waals surface area contributed by atoms with Gasteiger partial charge in [0.25, 0.3) is 5.91 Å². The lowest BCUT2D eigenvalue weighted by molar-refractivity contribution is 0.102. The maximum atomic E-state index is 13.0. The second-order valence-electron chi connectivity index (χ2n) is 3.59. The Morgan fingerprint density at radius 2 is 1.83 bits per heavy atom. The first-order valence-electron chi connectivity index (χ1n) is 5.08. The fraction of sp³-hybridized carbons (Fsp3) is 0. The van der Waals surface area contributed by atoms with Crippen LogP contribution in [0.3, 0.4) is 0 Å². The number of hydrogen-bond acceptors (Lipinski definition) is 1. The summed E-state index contributed by atoms with van der Waals surface area (Å²) in [7, 11) is 0. The minimum absolute atomic E-state index is 0.0360. The summed E-state index contributed by atoms with van der Waals surface area (Å²) < 4.78 is 25.7. The van der Waals surface area contributed by atoms with E-state index in [0.717, 1.165) is 12.1 Å². The van der Waals surface area contributed by atoms with E-state index in [1.165, 1.54) is 6.07 Å². The monoisotopic (exact) mass is 267 g/mol. The van der Waals surface area contributed by atoms with E-state index in [1.807, 2.05) is 0 Å². The highest BCUT2D eigenvalue weighted by molar-refractivity contribution is 6.30. The van der Waals surface area contributed by atoms with Gasteiger partial charge in [-0.1, -0.05) is 17.7 Å². The third-order valence-corrected chi connectivity index (χ3v) is 2.50. The van der Waals surface area contributed by atoms with E-state index in [2.05, 4.69) is 5.32 Å². The Kier molecular flexibility index (Phi) is 3.58. The summed E-state index contributed by atoms with van der Waals surface area (Å²) in [4.78, 5) is 11.7. The normalized spacial score (nSPS) is 10.2. The lowest BCUT2D eigenvalue weighted by atomic mass is 10.2. The summed E-state index contributed by atoms with van der Waals surface area (Å²) >= 11 is 5.76. The van der Waals surface area contributed by atoms with E-state index >= 15 is 0 Å². The Morgan fingerprint density at radius 1 is 1.06 bits per heavy atom. The van der Waals surface area contributed by atoms with Gasteiger partial charge in [0.15, 0.2) is 11.6 Å². The van der Waals surface area contributed by atoms with Crippen LogP contribution < -0.4 is 5.32 Å². The molecule has 5 heteroatoms. The van der Waals surface area contributed by atoms with Crippen LogP contribution in [0.4, 0.5) is 14.5 Å². The van der Waals surface area contributed by atoms with E-state index < -0.39 is 17.5 Å². The van der Waals surface area contributed by atoms with Crippen LogP contribution >= 0.6 is 11.6 Å². The molecule has 0 atom stereocenters. The van der Waals surface area contributed by atoms with Crippen molar-refractivity contribution in [2.24, 2.45) is 0 Å². The molecule has 0 saturated heterocycles. The van der Waals surface area contributed by atoms with Gasteiger partial charge in [0.2, 0.25) is 0 Å². The Bertz CT molecular complexity index is 601. The van der Waals surface area contributed by atoms with Gasteiger partial charge in [-0.15, -0.1) is 0 Å². The van der Waals surface area contributed by atoms with Gasteiger partial charge in [0.1, 0.15) is 0 Å². The molecule has 0 aliphatic heterocycles. The standard InChI is InChI=1S/C13H8ClF2NO/c14-9-2-1-3-10(7-9)17-13(18)8-4-5-11(15)12(16)6-8/h1-7H,(H,17,18). The largest absolute Gasteiger partial charge is 0.322 e. The summed E-state index contributed by atoms with van der Waals surface area (Å²) in [6, 6.07) is 9.48. The van der Waals surface area contributed by atoms with E-state index in [1.54, 1.807) is 24.3 Å². The number of benzene rings is 2. The smallest absolute Gasteiger partial charge is 0.255 e. The van der Waals surface area contributed by atoms with Crippen LogP contribution in [0.2, 0.25) is 5.02 Å². The van der Waals surface area contributed by atoms with Crippen molar-refractivity contribution in [2.45, 2.75) is 0 Å². The molecule has 2 rings (SSSR count). The summed E-state index contributed by atoms with van der Waals surface area (Å²) in [6.07, 6.45) is 0. The molecule has 2 nitrogen and oxygen atoms in total. The molecule has 2 aromatic rings. The topological polar surface area (TPSA) is 29.1 Å². The molecule has 0 spiro atoms. The molecule has 0 bridgehead atoms. The fourth-order valence-corrected chi connectivity index (χ4v) is 1.60. The molecule has 0 unspecified atom stereocenters. The van der Waals surface area contributed by atoms with Crippen LogP contribution in [0, 0.1) is 11.6 Å². The fourth-order valence-electron chi connectivity index (χ4n) is 1.41. The second-order valence-corrected chi connectivity index (χ2v) is 4.03. The number of carbonyl (C=O) groups is 1. The lowest BCUT2D eigenvalue weighted by Crippen LogP contribution is -2.12. The number of nitrogens with one attached hydrogen (secondary N) is 1. The van der Waals surface area contributed by atoms with Gasteiger partial charge in [-0.3, -0.25) is 4.79 Å². The SMILES string of the molecule is O=C(Nc1cccc(Cl)c1)c1ccc(F)c(F)c1. The molecule has 0 aliphatic carbocycles. The molecule has 0 aliphatic rings. The van der Waals surface area contributed by atoms with Gasteiger partial charge in [-0.2, -0.15) is 0 Å².